The smallest absolute Gasteiger partial charge is 0.229 e. The summed E-state index contributed by atoms with van der Waals surface area (Å²) >= 11 is 5.47. The first-order chi connectivity index (χ1) is 10.3. The van der Waals surface area contributed by atoms with Crippen molar-refractivity contribution in [2.75, 3.05) is 19.3 Å². The second-order valence-corrected chi connectivity index (χ2v) is 9.91. The van der Waals surface area contributed by atoms with E-state index >= 15 is 0 Å². The van der Waals surface area contributed by atoms with Gasteiger partial charge in [-0.25, -0.2) is 16.8 Å². The second-order valence-electron chi connectivity index (χ2n) is 5.24. The lowest BCUT2D eigenvalue weighted by Crippen LogP contribution is -2.31. The molecule has 0 spiro atoms. The number of benzene rings is 1. The monoisotopic (exact) mass is 391 g/mol. The molecule has 0 radical (unpaired) electrons. The van der Waals surface area contributed by atoms with Gasteiger partial charge in [0.2, 0.25) is 10.0 Å². The van der Waals surface area contributed by atoms with Crippen molar-refractivity contribution in [3.63, 3.8) is 0 Å². The van der Waals surface area contributed by atoms with E-state index in [9.17, 15) is 30.0 Å². The molecule has 1 aromatic rings. The van der Waals surface area contributed by atoms with Crippen molar-refractivity contribution in [1.29, 1.82) is 0 Å². The summed E-state index contributed by atoms with van der Waals surface area (Å²) in [6, 6.07) is 2.30. The molecule has 1 aromatic carbocycles. The molecule has 0 amide bonds. The first-order valence-electron chi connectivity index (χ1n) is 6.39. The third kappa shape index (κ3) is 3.81. The normalized spacial score (nSPS) is 20.8. The first kappa shape index (κ1) is 18.5. The molecule has 1 atom stereocenters. The van der Waals surface area contributed by atoms with E-state index in [4.69, 9.17) is 11.6 Å². The Morgan fingerprint density at radius 3 is 2.30 bits per heavy atom. The van der Waals surface area contributed by atoms with Crippen molar-refractivity contribution in [3.05, 3.63) is 28.8 Å². The molecule has 0 bridgehead atoms. The summed E-state index contributed by atoms with van der Waals surface area (Å²) in [4.78, 5) is -0.566. The molecule has 1 aliphatic rings. The summed E-state index contributed by atoms with van der Waals surface area (Å²) in [5.41, 5.74) is -1.25. The number of alkyl halides is 3. The lowest BCUT2D eigenvalue weighted by atomic mass is 10.2. The summed E-state index contributed by atoms with van der Waals surface area (Å²) in [5.74, 6) is 0. The number of hydrogen-bond donors (Lipinski definition) is 0. The van der Waals surface area contributed by atoms with Gasteiger partial charge < -0.3 is 0 Å². The molecule has 5 nitrogen and oxygen atoms in total. The molecule has 1 unspecified atom stereocenters. The maximum absolute atomic E-state index is 12.8. The summed E-state index contributed by atoms with van der Waals surface area (Å²) < 4.78 is 87.2. The fourth-order valence-electron chi connectivity index (χ4n) is 2.30. The number of hydrogen-bond acceptors (Lipinski definition) is 4. The highest BCUT2D eigenvalue weighted by Crippen LogP contribution is 2.36. The molecule has 23 heavy (non-hydrogen) atoms. The van der Waals surface area contributed by atoms with E-state index in [0.717, 1.165) is 22.7 Å². The summed E-state index contributed by atoms with van der Waals surface area (Å²) in [7, 11) is -7.64. The van der Waals surface area contributed by atoms with Crippen LogP contribution in [0.5, 0.6) is 0 Å². The predicted octanol–water partition coefficient (Wildman–Crippen LogP) is 2.17. The Labute approximate surface area is 137 Å². The van der Waals surface area contributed by atoms with E-state index in [0.29, 0.717) is 6.07 Å². The zero-order chi connectivity index (χ0) is 17.6. The van der Waals surface area contributed by atoms with Crippen LogP contribution in [-0.2, 0) is 26.0 Å². The van der Waals surface area contributed by atoms with Gasteiger partial charge in [-0.1, -0.05) is 11.6 Å². The molecular formula is C12H13ClF3NO4S2. The van der Waals surface area contributed by atoms with Crippen molar-refractivity contribution in [2.24, 2.45) is 0 Å². The van der Waals surface area contributed by atoms with E-state index in [1.54, 1.807) is 0 Å². The van der Waals surface area contributed by atoms with E-state index in [2.05, 4.69) is 0 Å². The van der Waals surface area contributed by atoms with Crippen LogP contribution in [-0.4, -0.2) is 45.7 Å². The van der Waals surface area contributed by atoms with Crippen LogP contribution in [0.15, 0.2) is 23.1 Å². The molecule has 1 heterocycles. The summed E-state index contributed by atoms with van der Waals surface area (Å²) in [5, 5.41) is -1.46. The Kier molecular flexibility index (Phi) is 4.75. The highest BCUT2D eigenvalue weighted by atomic mass is 35.5. The molecule has 0 saturated carbocycles. The van der Waals surface area contributed by atoms with Crippen molar-refractivity contribution in [3.8, 4) is 0 Å². The molecule has 130 valence electrons. The van der Waals surface area contributed by atoms with Crippen molar-refractivity contribution in [1.82, 2.24) is 4.31 Å². The number of halogens is 4. The number of sulfonamides is 1. The van der Waals surface area contributed by atoms with Crippen LogP contribution in [0.1, 0.15) is 12.0 Å². The Balaban J connectivity index is 2.39. The largest absolute Gasteiger partial charge is 0.417 e. The Morgan fingerprint density at radius 1 is 1.22 bits per heavy atom. The van der Waals surface area contributed by atoms with Crippen LogP contribution in [0.3, 0.4) is 0 Å². The minimum atomic E-state index is -4.79. The van der Waals surface area contributed by atoms with Crippen LogP contribution in [0.4, 0.5) is 13.2 Å². The van der Waals surface area contributed by atoms with Crippen LogP contribution in [0.2, 0.25) is 5.02 Å². The van der Waals surface area contributed by atoms with E-state index in [1.165, 1.54) is 0 Å². The molecule has 11 heteroatoms. The van der Waals surface area contributed by atoms with Crippen LogP contribution in [0.25, 0.3) is 0 Å². The summed E-state index contributed by atoms with van der Waals surface area (Å²) in [6.45, 7) is -0.338. The van der Waals surface area contributed by atoms with Crippen molar-refractivity contribution >= 4 is 31.5 Å². The van der Waals surface area contributed by atoms with Gasteiger partial charge in [-0.15, -0.1) is 0 Å². The van der Waals surface area contributed by atoms with Crippen LogP contribution in [0, 0.1) is 0 Å². The topological polar surface area (TPSA) is 71.5 Å². The number of nitrogens with zero attached hydrogens (tertiary/aromatic N) is 1. The lowest BCUT2D eigenvalue weighted by Gasteiger charge is -2.18. The van der Waals surface area contributed by atoms with Crippen LogP contribution >= 0.6 is 11.6 Å². The van der Waals surface area contributed by atoms with Gasteiger partial charge in [-0.3, -0.25) is 0 Å². The quantitative estimate of drug-likeness (QED) is 0.791. The first-order valence-corrected chi connectivity index (χ1v) is 10.2. The Bertz CT molecular complexity index is 821. The molecule has 1 aliphatic heterocycles. The SMILES string of the molecule is CS(=O)(=O)C1CCN(S(=O)(=O)c2ccc(Cl)c(C(F)(F)F)c2)C1. The molecule has 0 aromatic heterocycles. The molecule has 2 rings (SSSR count). The van der Waals surface area contributed by atoms with Gasteiger partial charge in [0.25, 0.3) is 0 Å². The maximum Gasteiger partial charge on any atom is 0.417 e. The van der Waals surface area contributed by atoms with Crippen molar-refractivity contribution in [2.45, 2.75) is 22.7 Å². The van der Waals surface area contributed by atoms with E-state index in [1.807, 2.05) is 0 Å². The number of sulfone groups is 1. The third-order valence-electron chi connectivity index (χ3n) is 3.59. The predicted molar refractivity (Wildman–Crippen MR) is 78.5 cm³/mol. The van der Waals surface area contributed by atoms with Crippen molar-refractivity contribution < 1.29 is 30.0 Å². The van der Waals surface area contributed by atoms with Gasteiger partial charge in [0.1, 0.15) is 0 Å². The minimum absolute atomic E-state index is 0.0654. The molecule has 1 saturated heterocycles. The standard InChI is InChI=1S/C12H13ClF3NO4S2/c1-22(18,19)9-4-5-17(7-9)23(20,21)8-2-3-11(13)10(6-8)12(14,15)16/h2-3,6,9H,4-5,7H2,1H3. The van der Waals surface area contributed by atoms with E-state index < -0.39 is 46.8 Å². The molecular weight excluding hydrogens is 379 g/mol. The average molecular weight is 392 g/mol. The van der Waals surface area contributed by atoms with Gasteiger partial charge in [0, 0.05) is 19.3 Å². The fraction of sp³-hybridized carbons (Fsp3) is 0.500. The molecule has 0 N–H and O–H groups in total. The van der Waals surface area contributed by atoms with Gasteiger partial charge >= 0.3 is 6.18 Å². The van der Waals surface area contributed by atoms with Gasteiger partial charge in [0.05, 0.1) is 20.7 Å². The van der Waals surface area contributed by atoms with Gasteiger partial charge in [-0.05, 0) is 24.6 Å². The maximum atomic E-state index is 12.8. The zero-order valence-electron chi connectivity index (χ0n) is 11.8. The lowest BCUT2D eigenvalue weighted by molar-refractivity contribution is -0.137. The third-order valence-corrected chi connectivity index (χ3v) is 7.38. The van der Waals surface area contributed by atoms with Gasteiger partial charge in [0.15, 0.2) is 9.84 Å². The molecule has 1 fully saturated rings. The average Bonchev–Trinajstić information content (AvgIpc) is 2.87. The Morgan fingerprint density at radius 2 is 1.83 bits per heavy atom. The second kappa shape index (κ2) is 5.91. The minimum Gasteiger partial charge on any atom is -0.229 e. The van der Waals surface area contributed by atoms with Gasteiger partial charge in [-0.2, -0.15) is 17.5 Å². The zero-order valence-corrected chi connectivity index (χ0v) is 14.2. The highest BCUT2D eigenvalue weighted by molar-refractivity contribution is 7.91. The molecule has 0 aliphatic carbocycles. The highest BCUT2D eigenvalue weighted by Gasteiger charge is 2.39. The fourth-order valence-corrected chi connectivity index (χ4v) is 5.13. The van der Waals surface area contributed by atoms with E-state index in [-0.39, 0.29) is 19.5 Å². The number of rotatable bonds is 3. The van der Waals surface area contributed by atoms with Crippen LogP contribution < -0.4 is 0 Å². The Hall–Kier alpha value is -0.840. The summed E-state index contributed by atoms with van der Waals surface area (Å²) in [6.07, 6.45) is -3.68.